The molecule has 0 aliphatic heterocycles. The van der Waals surface area contributed by atoms with Crippen molar-refractivity contribution in [1.82, 2.24) is 9.97 Å². The van der Waals surface area contributed by atoms with Gasteiger partial charge < -0.3 is 4.74 Å². The van der Waals surface area contributed by atoms with Crippen LogP contribution in [0.1, 0.15) is 30.0 Å². The fraction of sp³-hybridized carbons (Fsp3) is 0.222. The lowest BCUT2D eigenvalue weighted by Crippen LogP contribution is -2.09. The summed E-state index contributed by atoms with van der Waals surface area (Å²) in [5, 5.41) is 2.09. The number of benzene rings is 1. The van der Waals surface area contributed by atoms with Crippen molar-refractivity contribution in [3.63, 3.8) is 0 Å². The van der Waals surface area contributed by atoms with E-state index in [4.69, 9.17) is 4.74 Å². The number of para-hydroxylation sites is 2. The first-order valence-electron chi connectivity index (χ1n) is 7.29. The second-order valence-corrected chi connectivity index (χ2v) is 6.32. The number of rotatable bonds is 4. The van der Waals surface area contributed by atoms with Crippen molar-refractivity contribution >= 4 is 34.5 Å². The highest BCUT2D eigenvalue weighted by molar-refractivity contribution is 7.11. The summed E-state index contributed by atoms with van der Waals surface area (Å²) in [6, 6.07) is 9.96. The minimum absolute atomic E-state index is 0.0612. The van der Waals surface area contributed by atoms with E-state index in [-0.39, 0.29) is 6.10 Å². The van der Waals surface area contributed by atoms with Crippen LogP contribution in [0.2, 0.25) is 0 Å². The lowest BCUT2D eigenvalue weighted by molar-refractivity contribution is 0.232. The number of ether oxygens (including phenoxy) is 1. The molecule has 0 saturated carbocycles. The maximum atomic E-state index is 5.83. The molecule has 0 radical (unpaired) electrons. The first-order chi connectivity index (χ1) is 10.6. The van der Waals surface area contributed by atoms with Gasteiger partial charge in [0.2, 0.25) is 5.88 Å². The molecule has 2 heterocycles. The Kier molecular flexibility index (Phi) is 4.20. The van der Waals surface area contributed by atoms with Crippen molar-refractivity contribution in [2.45, 2.75) is 26.9 Å². The van der Waals surface area contributed by atoms with Gasteiger partial charge in [0.1, 0.15) is 5.69 Å². The van der Waals surface area contributed by atoms with Gasteiger partial charge in [-0.25, -0.2) is 9.97 Å². The molecule has 22 heavy (non-hydrogen) atoms. The Balaban J connectivity index is 2.05. The zero-order valence-corrected chi connectivity index (χ0v) is 13.7. The SMILES string of the molecule is Cc1ccsc1/C=C/c1nc2ccccc2nc1OC(C)C. The third kappa shape index (κ3) is 3.17. The molecule has 3 rings (SSSR count). The Morgan fingerprint density at radius 2 is 1.77 bits per heavy atom. The standard InChI is InChI=1S/C18H18N2OS/c1-12(2)21-18-16(8-9-17-13(3)10-11-22-17)19-14-6-4-5-7-15(14)20-18/h4-12H,1-3H3/b9-8+. The van der Waals surface area contributed by atoms with Crippen LogP contribution in [0.5, 0.6) is 5.88 Å². The van der Waals surface area contributed by atoms with E-state index in [9.17, 15) is 0 Å². The molecule has 0 amide bonds. The van der Waals surface area contributed by atoms with Crippen molar-refractivity contribution in [1.29, 1.82) is 0 Å². The number of aryl methyl sites for hydroxylation is 1. The summed E-state index contributed by atoms with van der Waals surface area (Å²) < 4.78 is 5.83. The van der Waals surface area contributed by atoms with Crippen LogP contribution in [0, 0.1) is 6.92 Å². The summed E-state index contributed by atoms with van der Waals surface area (Å²) in [5.74, 6) is 0.583. The minimum Gasteiger partial charge on any atom is -0.473 e. The maximum absolute atomic E-state index is 5.83. The van der Waals surface area contributed by atoms with Gasteiger partial charge in [-0.3, -0.25) is 0 Å². The summed E-state index contributed by atoms with van der Waals surface area (Å²) in [6.45, 7) is 6.09. The zero-order valence-electron chi connectivity index (χ0n) is 12.9. The second kappa shape index (κ2) is 6.28. The molecule has 0 N–H and O–H groups in total. The highest BCUT2D eigenvalue weighted by Gasteiger charge is 2.09. The molecule has 3 aromatic rings. The fourth-order valence-electron chi connectivity index (χ4n) is 2.13. The molecule has 1 aromatic carbocycles. The van der Waals surface area contributed by atoms with Crippen LogP contribution in [0.3, 0.4) is 0 Å². The quantitative estimate of drug-likeness (QED) is 0.683. The third-order valence-corrected chi connectivity index (χ3v) is 4.19. The molecule has 3 nitrogen and oxygen atoms in total. The predicted octanol–water partition coefficient (Wildman–Crippen LogP) is 4.96. The molecule has 0 fully saturated rings. The normalized spacial score (nSPS) is 11.6. The molecule has 4 heteroatoms. The molecular weight excluding hydrogens is 292 g/mol. The van der Waals surface area contributed by atoms with Gasteiger partial charge in [-0.05, 0) is 62.1 Å². The monoisotopic (exact) mass is 310 g/mol. The van der Waals surface area contributed by atoms with E-state index >= 15 is 0 Å². The van der Waals surface area contributed by atoms with Gasteiger partial charge in [-0.1, -0.05) is 12.1 Å². The summed E-state index contributed by atoms with van der Waals surface area (Å²) >= 11 is 1.72. The third-order valence-electron chi connectivity index (χ3n) is 3.21. The number of nitrogens with zero attached hydrogens (tertiary/aromatic N) is 2. The van der Waals surface area contributed by atoms with E-state index in [1.54, 1.807) is 11.3 Å². The molecule has 0 aliphatic rings. The van der Waals surface area contributed by atoms with Gasteiger partial charge in [-0.2, -0.15) is 0 Å². The van der Waals surface area contributed by atoms with E-state index in [1.807, 2.05) is 44.2 Å². The summed E-state index contributed by atoms with van der Waals surface area (Å²) in [4.78, 5) is 10.5. The number of hydrogen-bond donors (Lipinski definition) is 0. The van der Waals surface area contributed by atoms with E-state index in [0.29, 0.717) is 5.88 Å². The molecular formula is C18H18N2OS. The smallest absolute Gasteiger partial charge is 0.240 e. The summed E-state index contributed by atoms with van der Waals surface area (Å²) in [6.07, 6.45) is 4.12. The van der Waals surface area contributed by atoms with Crippen LogP contribution in [0.4, 0.5) is 0 Å². The van der Waals surface area contributed by atoms with Gasteiger partial charge in [-0.15, -0.1) is 11.3 Å². The number of fused-ring (bicyclic) bond motifs is 1. The van der Waals surface area contributed by atoms with Gasteiger partial charge in [0, 0.05) is 4.88 Å². The molecule has 2 aromatic heterocycles. The lowest BCUT2D eigenvalue weighted by atomic mass is 10.2. The van der Waals surface area contributed by atoms with Crippen molar-refractivity contribution < 1.29 is 4.74 Å². The number of thiophene rings is 1. The number of aromatic nitrogens is 2. The van der Waals surface area contributed by atoms with E-state index < -0.39 is 0 Å². The molecule has 0 atom stereocenters. The first-order valence-corrected chi connectivity index (χ1v) is 8.17. The predicted molar refractivity (Wildman–Crippen MR) is 93.3 cm³/mol. The van der Waals surface area contributed by atoms with Gasteiger partial charge in [0.15, 0.2) is 0 Å². The Labute approximate surface area is 134 Å². The van der Waals surface area contributed by atoms with Crippen LogP contribution in [0.15, 0.2) is 35.7 Å². The van der Waals surface area contributed by atoms with Crippen molar-refractivity contribution in [2.75, 3.05) is 0 Å². The van der Waals surface area contributed by atoms with E-state index in [0.717, 1.165) is 16.7 Å². The summed E-state index contributed by atoms with van der Waals surface area (Å²) in [5.41, 5.74) is 3.75. The summed E-state index contributed by atoms with van der Waals surface area (Å²) in [7, 11) is 0. The van der Waals surface area contributed by atoms with Crippen molar-refractivity contribution in [2.24, 2.45) is 0 Å². The van der Waals surface area contributed by atoms with E-state index in [1.165, 1.54) is 10.4 Å². The highest BCUT2D eigenvalue weighted by Crippen LogP contribution is 2.24. The molecule has 0 unspecified atom stereocenters. The molecule has 0 aliphatic carbocycles. The van der Waals surface area contributed by atoms with E-state index in [2.05, 4.69) is 34.4 Å². The molecule has 0 spiro atoms. The number of hydrogen-bond acceptors (Lipinski definition) is 4. The van der Waals surface area contributed by atoms with Crippen LogP contribution in [-0.4, -0.2) is 16.1 Å². The van der Waals surface area contributed by atoms with Crippen LogP contribution >= 0.6 is 11.3 Å². The van der Waals surface area contributed by atoms with Gasteiger partial charge in [0.25, 0.3) is 0 Å². The zero-order chi connectivity index (χ0) is 15.5. The van der Waals surface area contributed by atoms with Crippen LogP contribution in [-0.2, 0) is 0 Å². The second-order valence-electron chi connectivity index (χ2n) is 5.37. The Bertz CT molecular complexity index is 821. The first kappa shape index (κ1) is 14.7. The lowest BCUT2D eigenvalue weighted by Gasteiger charge is -2.11. The Morgan fingerprint density at radius 1 is 1.05 bits per heavy atom. The fourth-order valence-corrected chi connectivity index (χ4v) is 2.95. The van der Waals surface area contributed by atoms with Gasteiger partial charge in [0.05, 0.1) is 17.1 Å². The molecule has 0 bridgehead atoms. The van der Waals surface area contributed by atoms with Crippen LogP contribution in [0.25, 0.3) is 23.2 Å². The van der Waals surface area contributed by atoms with Gasteiger partial charge >= 0.3 is 0 Å². The topological polar surface area (TPSA) is 35.0 Å². The van der Waals surface area contributed by atoms with Crippen LogP contribution < -0.4 is 4.74 Å². The Morgan fingerprint density at radius 3 is 2.41 bits per heavy atom. The van der Waals surface area contributed by atoms with Crippen molar-refractivity contribution in [3.05, 3.63) is 51.8 Å². The average molecular weight is 310 g/mol. The Hall–Kier alpha value is -2.20. The average Bonchev–Trinajstić information content (AvgIpc) is 2.90. The molecule has 112 valence electrons. The van der Waals surface area contributed by atoms with Crippen molar-refractivity contribution in [3.8, 4) is 5.88 Å². The maximum Gasteiger partial charge on any atom is 0.240 e. The largest absolute Gasteiger partial charge is 0.473 e. The minimum atomic E-state index is 0.0612. The molecule has 0 saturated heterocycles. The highest BCUT2D eigenvalue weighted by atomic mass is 32.1.